The normalized spacial score (nSPS) is 19.1. The van der Waals surface area contributed by atoms with E-state index >= 15 is 0 Å². The maximum atomic E-state index is 13.7. The molecular weight excluding hydrogens is 221 g/mol. The minimum atomic E-state index is -0.361. The molecular formula is C12H12FN3O. The molecule has 1 aromatic heterocycles. The number of halogens is 1. The van der Waals surface area contributed by atoms with Gasteiger partial charge in [-0.2, -0.15) is 0 Å². The van der Waals surface area contributed by atoms with Gasteiger partial charge in [0.05, 0.1) is 11.7 Å². The van der Waals surface area contributed by atoms with Crippen molar-refractivity contribution in [1.29, 1.82) is 0 Å². The van der Waals surface area contributed by atoms with Crippen LogP contribution in [0.5, 0.6) is 0 Å². The van der Waals surface area contributed by atoms with E-state index in [0.717, 1.165) is 5.82 Å². The molecule has 1 unspecified atom stereocenters. The maximum Gasteiger partial charge on any atom is 0.166 e. The Morgan fingerprint density at radius 1 is 1.29 bits per heavy atom. The summed E-state index contributed by atoms with van der Waals surface area (Å²) in [7, 11) is 0. The molecule has 0 saturated carbocycles. The van der Waals surface area contributed by atoms with Crippen LogP contribution >= 0.6 is 0 Å². The average molecular weight is 233 g/mol. The van der Waals surface area contributed by atoms with Gasteiger partial charge in [-0.05, 0) is 18.6 Å². The summed E-state index contributed by atoms with van der Waals surface area (Å²) in [6.07, 6.45) is 0.786. The zero-order valence-electron chi connectivity index (χ0n) is 9.17. The van der Waals surface area contributed by atoms with Crippen LogP contribution in [0, 0.1) is 5.82 Å². The Bertz CT molecular complexity index is 552. The average Bonchev–Trinajstić information content (AvgIpc) is 2.72. The van der Waals surface area contributed by atoms with Crippen molar-refractivity contribution in [1.82, 2.24) is 14.8 Å². The van der Waals surface area contributed by atoms with Crippen molar-refractivity contribution >= 4 is 0 Å². The molecule has 1 atom stereocenters. The van der Waals surface area contributed by atoms with E-state index in [1.165, 1.54) is 6.07 Å². The molecule has 0 amide bonds. The van der Waals surface area contributed by atoms with Crippen LogP contribution in [0.25, 0.3) is 11.4 Å². The Kier molecular flexibility index (Phi) is 2.40. The van der Waals surface area contributed by atoms with Crippen molar-refractivity contribution in [3.05, 3.63) is 35.9 Å². The molecule has 3 rings (SSSR count). The summed E-state index contributed by atoms with van der Waals surface area (Å²) < 4.78 is 15.5. The molecule has 0 saturated heterocycles. The first kappa shape index (κ1) is 10.4. The summed E-state index contributed by atoms with van der Waals surface area (Å²) in [6, 6.07) is 6.53. The van der Waals surface area contributed by atoms with E-state index < -0.39 is 0 Å². The molecule has 1 aliphatic heterocycles. The largest absolute Gasteiger partial charge is 0.393 e. The first-order valence-electron chi connectivity index (χ1n) is 5.61. The van der Waals surface area contributed by atoms with Gasteiger partial charge >= 0.3 is 0 Å². The summed E-state index contributed by atoms with van der Waals surface area (Å²) in [6.45, 7) is 0.632. The van der Waals surface area contributed by atoms with E-state index in [1.54, 1.807) is 18.2 Å². The maximum absolute atomic E-state index is 13.7. The van der Waals surface area contributed by atoms with Crippen LogP contribution in [0.2, 0.25) is 0 Å². The lowest BCUT2D eigenvalue weighted by Crippen LogP contribution is -2.23. The van der Waals surface area contributed by atoms with E-state index in [2.05, 4.69) is 10.2 Å². The van der Waals surface area contributed by atoms with Crippen LogP contribution < -0.4 is 0 Å². The van der Waals surface area contributed by atoms with Crippen molar-refractivity contribution in [2.45, 2.75) is 25.5 Å². The SMILES string of the molecule is OC1CCn2c(nnc2-c2ccccc2F)C1. The van der Waals surface area contributed by atoms with Gasteiger partial charge in [0.25, 0.3) is 0 Å². The minimum Gasteiger partial charge on any atom is -0.393 e. The highest BCUT2D eigenvalue weighted by atomic mass is 19.1. The smallest absolute Gasteiger partial charge is 0.166 e. The molecule has 0 spiro atoms. The number of rotatable bonds is 1. The lowest BCUT2D eigenvalue weighted by molar-refractivity contribution is 0.142. The fourth-order valence-electron chi connectivity index (χ4n) is 2.15. The van der Waals surface area contributed by atoms with Gasteiger partial charge in [-0.1, -0.05) is 12.1 Å². The van der Waals surface area contributed by atoms with Crippen molar-refractivity contribution < 1.29 is 9.50 Å². The van der Waals surface area contributed by atoms with E-state index in [9.17, 15) is 9.50 Å². The molecule has 17 heavy (non-hydrogen) atoms. The molecule has 0 aliphatic carbocycles. The number of hydrogen-bond donors (Lipinski definition) is 1. The number of aromatic nitrogens is 3. The molecule has 1 aromatic carbocycles. The standard InChI is InChI=1S/C12H12FN3O/c13-10-4-2-1-3-9(10)12-15-14-11-7-8(17)5-6-16(11)12/h1-4,8,17H,5-7H2. The molecule has 0 bridgehead atoms. The number of nitrogens with zero attached hydrogens (tertiary/aromatic N) is 3. The molecule has 1 N–H and O–H groups in total. The van der Waals surface area contributed by atoms with Crippen molar-refractivity contribution in [2.75, 3.05) is 0 Å². The summed E-state index contributed by atoms with van der Waals surface area (Å²) in [5.41, 5.74) is 0.461. The van der Waals surface area contributed by atoms with Gasteiger partial charge in [-0.3, -0.25) is 0 Å². The van der Waals surface area contributed by atoms with Crippen molar-refractivity contribution in [3.63, 3.8) is 0 Å². The molecule has 0 fully saturated rings. The minimum absolute atomic E-state index is 0.297. The number of aliphatic hydroxyl groups is 1. The lowest BCUT2D eigenvalue weighted by Gasteiger charge is -2.19. The molecule has 2 aromatic rings. The third-order valence-electron chi connectivity index (χ3n) is 3.05. The van der Waals surface area contributed by atoms with Gasteiger partial charge < -0.3 is 9.67 Å². The molecule has 2 heterocycles. The first-order chi connectivity index (χ1) is 8.25. The first-order valence-corrected chi connectivity index (χ1v) is 5.61. The van der Waals surface area contributed by atoms with E-state index in [-0.39, 0.29) is 11.9 Å². The quantitative estimate of drug-likeness (QED) is 0.809. The number of benzene rings is 1. The number of fused-ring (bicyclic) bond motifs is 1. The van der Waals surface area contributed by atoms with Gasteiger partial charge in [0, 0.05) is 13.0 Å². The van der Waals surface area contributed by atoms with Gasteiger partial charge in [0.2, 0.25) is 0 Å². The van der Waals surface area contributed by atoms with Crippen LogP contribution in [0.15, 0.2) is 24.3 Å². The van der Waals surface area contributed by atoms with Crippen LogP contribution in [0.3, 0.4) is 0 Å². The molecule has 88 valence electrons. The topological polar surface area (TPSA) is 50.9 Å². The lowest BCUT2D eigenvalue weighted by atomic mass is 10.1. The summed E-state index contributed by atoms with van der Waals surface area (Å²) >= 11 is 0. The summed E-state index contributed by atoms with van der Waals surface area (Å²) in [5.74, 6) is 0.973. The Morgan fingerprint density at radius 2 is 2.12 bits per heavy atom. The fraction of sp³-hybridized carbons (Fsp3) is 0.333. The second-order valence-electron chi connectivity index (χ2n) is 4.22. The predicted molar refractivity (Wildman–Crippen MR) is 59.7 cm³/mol. The zero-order chi connectivity index (χ0) is 11.8. The third-order valence-corrected chi connectivity index (χ3v) is 3.05. The molecule has 0 radical (unpaired) electrons. The van der Waals surface area contributed by atoms with Gasteiger partial charge in [-0.15, -0.1) is 10.2 Å². The predicted octanol–water partition coefficient (Wildman–Crippen LogP) is 1.39. The van der Waals surface area contributed by atoms with Crippen LogP contribution in [-0.4, -0.2) is 26.0 Å². The summed E-state index contributed by atoms with van der Waals surface area (Å²) in [4.78, 5) is 0. The highest BCUT2D eigenvalue weighted by Gasteiger charge is 2.22. The number of hydrogen-bond acceptors (Lipinski definition) is 3. The van der Waals surface area contributed by atoms with Gasteiger partial charge in [0.15, 0.2) is 5.82 Å². The summed E-state index contributed by atoms with van der Waals surface area (Å²) in [5, 5.41) is 17.6. The van der Waals surface area contributed by atoms with Gasteiger partial charge in [-0.25, -0.2) is 4.39 Å². The number of aliphatic hydroxyl groups excluding tert-OH is 1. The molecule has 4 nitrogen and oxygen atoms in total. The van der Waals surface area contributed by atoms with E-state index in [0.29, 0.717) is 30.8 Å². The second kappa shape index (κ2) is 3.92. The zero-order valence-corrected chi connectivity index (χ0v) is 9.17. The highest BCUT2D eigenvalue weighted by Crippen LogP contribution is 2.24. The Hall–Kier alpha value is -1.75. The van der Waals surface area contributed by atoms with E-state index in [4.69, 9.17) is 0 Å². The molecule has 5 heteroatoms. The Morgan fingerprint density at radius 3 is 2.94 bits per heavy atom. The van der Waals surface area contributed by atoms with Crippen LogP contribution in [-0.2, 0) is 13.0 Å². The monoisotopic (exact) mass is 233 g/mol. The fourth-order valence-corrected chi connectivity index (χ4v) is 2.15. The second-order valence-corrected chi connectivity index (χ2v) is 4.22. The Labute approximate surface area is 97.7 Å². The Balaban J connectivity index is 2.09. The van der Waals surface area contributed by atoms with Crippen molar-refractivity contribution in [3.8, 4) is 11.4 Å². The van der Waals surface area contributed by atoms with Crippen molar-refractivity contribution in [2.24, 2.45) is 0 Å². The third kappa shape index (κ3) is 1.72. The van der Waals surface area contributed by atoms with E-state index in [1.807, 2.05) is 4.57 Å². The molecule has 1 aliphatic rings. The highest BCUT2D eigenvalue weighted by molar-refractivity contribution is 5.56. The van der Waals surface area contributed by atoms with Crippen LogP contribution in [0.1, 0.15) is 12.2 Å². The van der Waals surface area contributed by atoms with Crippen LogP contribution in [0.4, 0.5) is 4.39 Å². The van der Waals surface area contributed by atoms with Gasteiger partial charge in [0.1, 0.15) is 11.6 Å².